The molecular weight excluding hydrogens is 491 g/mol. The number of nitrogens with zero attached hydrogens (tertiary/aromatic N) is 2. The van der Waals surface area contributed by atoms with E-state index in [1.165, 1.54) is 17.4 Å². The van der Waals surface area contributed by atoms with Crippen molar-refractivity contribution >= 4 is 23.5 Å². The van der Waals surface area contributed by atoms with Crippen molar-refractivity contribution in [3.8, 4) is 5.00 Å². The van der Waals surface area contributed by atoms with Gasteiger partial charge in [-0.2, -0.15) is 35.8 Å². The molecule has 2 heterocycles. The fraction of sp³-hybridized carbons (Fsp3) is 0.524. The third-order valence-corrected chi connectivity index (χ3v) is 6.74. The molecule has 0 aliphatic heterocycles. The molecule has 2 aromatic heterocycles. The third kappa shape index (κ3) is 4.53. The molecule has 34 heavy (non-hydrogen) atoms. The van der Waals surface area contributed by atoms with Crippen molar-refractivity contribution in [1.29, 1.82) is 0 Å². The molecule has 0 aromatic carbocycles. The number of thiophene rings is 1. The molecule has 3 rings (SSSR count). The normalized spacial score (nSPS) is 15.0. The van der Waals surface area contributed by atoms with Crippen molar-refractivity contribution in [3.05, 3.63) is 39.0 Å². The lowest BCUT2D eigenvalue weighted by Crippen LogP contribution is -2.58. The second kappa shape index (κ2) is 9.23. The van der Waals surface area contributed by atoms with E-state index < -0.39 is 24.1 Å². The van der Waals surface area contributed by atoms with E-state index >= 15 is 0 Å². The summed E-state index contributed by atoms with van der Waals surface area (Å²) in [6.45, 7) is 5.12. The number of rotatable bonds is 7. The third-order valence-electron chi connectivity index (χ3n) is 5.46. The average Bonchev–Trinajstić information content (AvgIpc) is 3.23. The first-order valence-corrected chi connectivity index (χ1v) is 11.2. The van der Waals surface area contributed by atoms with Gasteiger partial charge in [0.15, 0.2) is 0 Å². The molecule has 13 heteroatoms. The van der Waals surface area contributed by atoms with E-state index in [1.807, 2.05) is 0 Å². The van der Waals surface area contributed by atoms with E-state index in [0.29, 0.717) is 33.8 Å². The molecule has 188 valence electrons. The first-order chi connectivity index (χ1) is 15.7. The summed E-state index contributed by atoms with van der Waals surface area (Å²) in [5.41, 5.74) is 3.14. The highest BCUT2D eigenvalue weighted by molar-refractivity contribution is 7.15. The van der Waals surface area contributed by atoms with Crippen LogP contribution in [-0.2, 0) is 17.6 Å². The quantitative estimate of drug-likeness (QED) is 0.164. The van der Waals surface area contributed by atoms with Crippen LogP contribution in [0.3, 0.4) is 0 Å². The molecule has 0 unspecified atom stereocenters. The van der Waals surface area contributed by atoms with Crippen LogP contribution >= 0.6 is 11.3 Å². The Balaban J connectivity index is 1.97. The highest BCUT2D eigenvalue weighted by Crippen LogP contribution is 2.45. The molecule has 0 atom stereocenters. The number of hydrazone groups is 1. The Bertz CT molecular complexity index is 1100. The van der Waals surface area contributed by atoms with Crippen LogP contribution in [0.25, 0.3) is 5.00 Å². The Morgan fingerprint density at radius 3 is 2.44 bits per heavy atom. The van der Waals surface area contributed by atoms with Crippen molar-refractivity contribution in [3.63, 3.8) is 0 Å². The van der Waals surface area contributed by atoms with Gasteiger partial charge in [-0.15, -0.1) is 11.3 Å². The minimum atomic E-state index is -6.46. The van der Waals surface area contributed by atoms with Gasteiger partial charge in [-0.25, -0.2) is 10.2 Å². The second-order valence-corrected chi connectivity index (χ2v) is 8.87. The summed E-state index contributed by atoms with van der Waals surface area (Å²) in [5.74, 6) is -6.81. The fourth-order valence-corrected chi connectivity index (χ4v) is 5.27. The van der Waals surface area contributed by atoms with Gasteiger partial charge >= 0.3 is 24.1 Å². The molecule has 1 aliphatic rings. The maximum absolute atomic E-state index is 13.4. The first kappa shape index (κ1) is 26.0. The molecule has 1 N–H and O–H groups in total. The predicted octanol–water partition coefficient (Wildman–Crippen LogP) is 5.93. The van der Waals surface area contributed by atoms with E-state index in [1.54, 1.807) is 25.3 Å². The number of alkyl halides is 7. The lowest BCUT2D eigenvalue weighted by molar-refractivity contribution is -0.361. The minimum absolute atomic E-state index is 0.173. The van der Waals surface area contributed by atoms with Crippen molar-refractivity contribution < 1.29 is 40.3 Å². The van der Waals surface area contributed by atoms with Crippen molar-refractivity contribution in [2.24, 2.45) is 5.10 Å². The lowest BCUT2D eigenvalue weighted by Gasteiger charge is -2.27. The van der Waals surface area contributed by atoms with Crippen LogP contribution in [0.2, 0.25) is 0 Å². The molecule has 2 aromatic rings. The van der Waals surface area contributed by atoms with Crippen LogP contribution in [0.15, 0.2) is 11.2 Å². The summed E-state index contributed by atoms with van der Waals surface area (Å²) in [6, 6.07) is -4.16. The summed E-state index contributed by atoms with van der Waals surface area (Å²) < 4.78 is 96.7. The van der Waals surface area contributed by atoms with Gasteiger partial charge < -0.3 is 9.30 Å². The lowest BCUT2D eigenvalue weighted by atomic mass is 9.95. The Morgan fingerprint density at radius 1 is 1.18 bits per heavy atom. The molecule has 0 bridgehead atoms. The summed E-state index contributed by atoms with van der Waals surface area (Å²) >= 11 is 1.40. The number of halogens is 7. The van der Waals surface area contributed by atoms with Gasteiger partial charge in [0.05, 0.1) is 18.4 Å². The minimum Gasteiger partial charge on any atom is -0.462 e. The van der Waals surface area contributed by atoms with Crippen molar-refractivity contribution in [1.82, 2.24) is 9.99 Å². The SMILES string of the molecule is CCOC(=O)c1c(-n2c(C)cc(/C=N/NC(F)(F)C(F)(F)C(F)(F)F)c2C)sc2c1CCCC2. The summed E-state index contributed by atoms with van der Waals surface area (Å²) in [6.07, 6.45) is -2.33. The Morgan fingerprint density at radius 2 is 1.82 bits per heavy atom. The predicted molar refractivity (Wildman–Crippen MR) is 112 cm³/mol. The summed E-state index contributed by atoms with van der Waals surface area (Å²) in [4.78, 5) is 13.8. The van der Waals surface area contributed by atoms with E-state index in [2.05, 4.69) is 5.10 Å². The highest BCUT2D eigenvalue weighted by atomic mass is 32.1. The van der Waals surface area contributed by atoms with Gasteiger partial charge in [0.25, 0.3) is 0 Å². The molecule has 0 saturated heterocycles. The smallest absolute Gasteiger partial charge is 0.462 e. The monoisotopic (exact) mass is 513 g/mol. The molecule has 0 amide bonds. The Kier molecular flexibility index (Phi) is 7.07. The van der Waals surface area contributed by atoms with E-state index in [4.69, 9.17) is 4.74 Å². The number of aryl methyl sites for hydroxylation is 2. The van der Waals surface area contributed by atoms with Crippen LogP contribution in [0, 0.1) is 13.8 Å². The zero-order valence-electron chi connectivity index (χ0n) is 18.5. The van der Waals surface area contributed by atoms with E-state index in [9.17, 15) is 35.5 Å². The number of ether oxygens (including phenoxy) is 1. The van der Waals surface area contributed by atoms with Crippen LogP contribution in [0.4, 0.5) is 30.7 Å². The van der Waals surface area contributed by atoms with Gasteiger partial charge in [-0.05, 0) is 58.1 Å². The van der Waals surface area contributed by atoms with Crippen molar-refractivity contribution in [2.45, 2.75) is 64.6 Å². The number of fused-ring (bicyclic) bond motifs is 1. The van der Waals surface area contributed by atoms with Gasteiger partial charge in [-0.3, -0.25) is 0 Å². The van der Waals surface area contributed by atoms with Crippen LogP contribution in [0.1, 0.15) is 57.5 Å². The zero-order chi connectivity index (χ0) is 25.5. The number of esters is 1. The summed E-state index contributed by atoms with van der Waals surface area (Å²) in [5, 5.41) is 3.52. The maximum Gasteiger partial charge on any atom is 0.462 e. The highest BCUT2D eigenvalue weighted by Gasteiger charge is 2.73. The second-order valence-electron chi connectivity index (χ2n) is 7.79. The zero-order valence-corrected chi connectivity index (χ0v) is 19.3. The van der Waals surface area contributed by atoms with Crippen LogP contribution in [-0.4, -0.2) is 41.5 Å². The topological polar surface area (TPSA) is 55.6 Å². The van der Waals surface area contributed by atoms with Crippen LogP contribution < -0.4 is 5.43 Å². The molecule has 0 fully saturated rings. The fourth-order valence-electron chi connectivity index (χ4n) is 3.78. The van der Waals surface area contributed by atoms with Gasteiger partial charge in [0.1, 0.15) is 5.00 Å². The average molecular weight is 513 g/mol. The number of hydrogen-bond donors (Lipinski definition) is 1. The first-order valence-electron chi connectivity index (χ1n) is 10.4. The molecule has 0 spiro atoms. The van der Waals surface area contributed by atoms with Gasteiger partial charge in [-0.1, -0.05) is 0 Å². The van der Waals surface area contributed by atoms with Gasteiger partial charge in [0.2, 0.25) is 0 Å². The standard InChI is InChI=1S/C21H22F7N3O2S/c1-4-33-18(32)16-14-7-5-6-8-15(14)34-17(16)31-11(2)9-13(12(31)3)10-29-30-21(27,28)19(22,23)20(24,25)26/h9-10,30H,4-8H2,1-3H3/b29-10+. The number of carbonyl (C=O) groups excluding carboxylic acids is 1. The molecule has 5 nitrogen and oxygen atoms in total. The molecule has 0 saturated carbocycles. The van der Waals surface area contributed by atoms with Crippen molar-refractivity contribution in [2.75, 3.05) is 6.61 Å². The van der Waals surface area contributed by atoms with E-state index in [-0.39, 0.29) is 12.2 Å². The molecule has 0 radical (unpaired) electrons. The Labute approximate surface area is 194 Å². The van der Waals surface area contributed by atoms with Gasteiger partial charge in [0, 0.05) is 21.8 Å². The molecular formula is C21H22F7N3O2S. The Hall–Kier alpha value is -2.57. The van der Waals surface area contributed by atoms with E-state index in [0.717, 1.165) is 35.9 Å². The number of carbonyl (C=O) groups is 1. The number of aromatic nitrogens is 1. The van der Waals surface area contributed by atoms with Crippen LogP contribution in [0.5, 0.6) is 0 Å². The largest absolute Gasteiger partial charge is 0.462 e. The molecule has 1 aliphatic carbocycles. The number of hydrogen-bond acceptors (Lipinski definition) is 5. The maximum atomic E-state index is 13.4. The summed E-state index contributed by atoms with van der Waals surface area (Å²) in [7, 11) is 0. The number of nitrogens with one attached hydrogen (secondary N) is 1.